The van der Waals surface area contributed by atoms with Crippen LogP contribution in [0.15, 0.2) is 22.7 Å². The number of hydrogen-bond donors (Lipinski definition) is 1. The van der Waals surface area contributed by atoms with Crippen LogP contribution in [0.2, 0.25) is 0 Å². The zero-order valence-electron chi connectivity index (χ0n) is 13.2. The fourth-order valence-corrected chi connectivity index (χ4v) is 3.50. The largest absolute Gasteiger partial charge is 0.371 e. The highest BCUT2D eigenvalue weighted by Crippen LogP contribution is 2.38. The first-order chi connectivity index (χ1) is 9.49. The minimum Gasteiger partial charge on any atom is -0.371 e. The summed E-state index contributed by atoms with van der Waals surface area (Å²) in [6.07, 6.45) is 3.88. The molecule has 1 aromatic carbocycles. The van der Waals surface area contributed by atoms with Crippen LogP contribution >= 0.6 is 15.9 Å². The summed E-state index contributed by atoms with van der Waals surface area (Å²) in [4.78, 5) is 2.52. The SMILES string of the molecule is CCC1(C)CCN(c2ccc(C(C)NC)cc2Br)CC1. The van der Waals surface area contributed by atoms with E-state index in [4.69, 9.17) is 0 Å². The third kappa shape index (κ3) is 3.37. The minimum absolute atomic E-state index is 0.394. The van der Waals surface area contributed by atoms with Gasteiger partial charge in [-0.25, -0.2) is 0 Å². The molecule has 1 fully saturated rings. The summed E-state index contributed by atoms with van der Waals surface area (Å²) in [7, 11) is 2.00. The van der Waals surface area contributed by atoms with Gasteiger partial charge in [-0.05, 0) is 65.9 Å². The van der Waals surface area contributed by atoms with E-state index in [-0.39, 0.29) is 0 Å². The van der Waals surface area contributed by atoms with Crippen molar-refractivity contribution in [3.8, 4) is 0 Å². The predicted octanol–water partition coefficient (Wildman–Crippen LogP) is 4.75. The first kappa shape index (κ1) is 15.8. The molecule has 3 heteroatoms. The quantitative estimate of drug-likeness (QED) is 0.852. The molecule has 20 heavy (non-hydrogen) atoms. The lowest BCUT2D eigenvalue weighted by atomic mass is 9.78. The van der Waals surface area contributed by atoms with E-state index in [1.54, 1.807) is 0 Å². The molecule has 0 aromatic heterocycles. The van der Waals surface area contributed by atoms with E-state index >= 15 is 0 Å². The maximum atomic E-state index is 3.76. The van der Waals surface area contributed by atoms with E-state index in [0.29, 0.717) is 11.5 Å². The van der Waals surface area contributed by atoms with Gasteiger partial charge in [0.1, 0.15) is 0 Å². The molecule has 1 saturated heterocycles. The number of nitrogens with one attached hydrogen (secondary N) is 1. The highest BCUT2D eigenvalue weighted by Gasteiger charge is 2.28. The Hall–Kier alpha value is -0.540. The number of nitrogens with zero attached hydrogens (tertiary/aromatic N) is 1. The summed E-state index contributed by atoms with van der Waals surface area (Å²) >= 11 is 3.76. The molecule has 0 amide bonds. The van der Waals surface area contributed by atoms with Gasteiger partial charge in [-0.1, -0.05) is 26.3 Å². The lowest BCUT2D eigenvalue weighted by Crippen LogP contribution is -2.38. The maximum Gasteiger partial charge on any atom is 0.0510 e. The van der Waals surface area contributed by atoms with Crippen molar-refractivity contribution in [2.45, 2.75) is 46.1 Å². The molecule has 1 unspecified atom stereocenters. The summed E-state index contributed by atoms with van der Waals surface area (Å²) in [6.45, 7) is 9.28. The molecule has 2 rings (SSSR count). The van der Waals surface area contributed by atoms with Gasteiger partial charge in [0, 0.05) is 23.6 Å². The highest BCUT2D eigenvalue weighted by molar-refractivity contribution is 9.10. The van der Waals surface area contributed by atoms with Crippen molar-refractivity contribution in [2.75, 3.05) is 25.0 Å². The molecule has 0 bridgehead atoms. The maximum absolute atomic E-state index is 3.76. The van der Waals surface area contributed by atoms with E-state index in [2.05, 4.69) is 65.1 Å². The monoisotopic (exact) mass is 338 g/mol. The van der Waals surface area contributed by atoms with Crippen molar-refractivity contribution in [2.24, 2.45) is 5.41 Å². The summed E-state index contributed by atoms with van der Waals surface area (Å²) in [5, 5.41) is 3.29. The molecule has 0 spiro atoms. The molecule has 0 radical (unpaired) electrons. The van der Waals surface area contributed by atoms with Crippen molar-refractivity contribution in [3.63, 3.8) is 0 Å². The van der Waals surface area contributed by atoms with Gasteiger partial charge >= 0.3 is 0 Å². The van der Waals surface area contributed by atoms with Crippen molar-refractivity contribution in [3.05, 3.63) is 28.2 Å². The van der Waals surface area contributed by atoms with E-state index in [1.807, 2.05) is 7.05 Å². The van der Waals surface area contributed by atoms with Crippen molar-refractivity contribution < 1.29 is 0 Å². The second kappa shape index (κ2) is 6.48. The number of benzene rings is 1. The average molecular weight is 339 g/mol. The molecule has 0 saturated carbocycles. The van der Waals surface area contributed by atoms with Gasteiger partial charge in [-0.2, -0.15) is 0 Å². The predicted molar refractivity (Wildman–Crippen MR) is 91.5 cm³/mol. The number of halogens is 1. The molecule has 1 aliphatic rings. The van der Waals surface area contributed by atoms with Crippen LogP contribution in [-0.4, -0.2) is 20.1 Å². The lowest BCUT2D eigenvalue weighted by molar-refractivity contribution is 0.238. The van der Waals surface area contributed by atoms with E-state index < -0.39 is 0 Å². The average Bonchev–Trinajstić information content (AvgIpc) is 2.47. The molecule has 1 aliphatic heterocycles. The molecule has 2 nitrogen and oxygen atoms in total. The first-order valence-corrected chi connectivity index (χ1v) is 8.50. The Kier molecular flexibility index (Phi) is 5.14. The van der Waals surface area contributed by atoms with Crippen LogP contribution in [0.25, 0.3) is 0 Å². The summed E-state index contributed by atoms with van der Waals surface area (Å²) < 4.78 is 1.22. The molecular formula is C17H27BrN2. The normalized spacial score (nSPS) is 19.9. The second-order valence-corrected chi connectivity index (χ2v) is 7.23. The number of rotatable bonds is 4. The Labute approximate surface area is 132 Å². The topological polar surface area (TPSA) is 15.3 Å². The van der Waals surface area contributed by atoms with Gasteiger partial charge in [0.05, 0.1) is 5.69 Å². The van der Waals surface area contributed by atoms with Gasteiger partial charge in [-0.15, -0.1) is 0 Å². The molecule has 1 N–H and O–H groups in total. The van der Waals surface area contributed by atoms with Gasteiger partial charge in [-0.3, -0.25) is 0 Å². The molecular weight excluding hydrogens is 312 g/mol. The number of hydrogen-bond acceptors (Lipinski definition) is 2. The zero-order chi connectivity index (χ0) is 14.8. The van der Waals surface area contributed by atoms with Crippen LogP contribution in [0, 0.1) is 5.41 Å². The molecule has 0 aliphatic carbocycles. The van der Waals surface area contributed by atoms with Gasteiger partial charge < -0.3 is 10.2 Å². The van der Waals surface area contributed by atoms with Crippen LogP contribution in [0.1, 0.15) is 51.6 Å². The molecule has 112 valence electrons. The third-order valence-corrected chi connectivity index (χ3v) is 5.70. The van der Waals surface area contributed by atoms with Crippen LogP contribution in [0.5, 0.6) is 0 Å². The Morgan fingerprint density at radius 2 is 2.00 bits per heavy atom. The summed E-state index contributed by atoms with van der Waals surface area (Å²) in [5.74, 6) is 0. The van der Waals surface area contributed by atoms with Crippen molar-refractivity contribution in [1.29, 1.82) is 0 Å². The number of anilines is 1. The fraction of sp³-hybridized carbons (Fsp3) is 0.647. The molecule has 1 aromatic rings. The fourth-order valence-electron chi connectivity index (χ4n) is 2.86. The van der Waals surface area contributed by atoms with Gasteiger partial charge in [0.25, 0.3) is 0 Å². The van der Waals surface area contributed by atoms with Crippen LogP contribution in [0.3, 0.4) is 0 Å². The third-order valence-electron chi connectivity index (χ3n) is 5.07. The molecule has 1 atom stereocenters. The van der Waals surface area contributed by atoms with Gasteiger partial charge in [0.15, 0.2) is 0 Å². The second-order valence-electron chi connectivity index (χ2n) is 6.37. The Balaban J connectivity index is 2.11. The van der Waals surface area contributed by atoms with Gasteiger partial charge in [0.2, 0.25) is 0 Å². The lowest BCUT2D eigenvalue weighted by Gasteiger charge is -2.40. The zero-order valence-corrected chi connectivity index (χ0v) is 14.8. The Bertz CT molecular complexity index is 450. The van der Waals surface area contributed by atoms with Crippen LogP contribution in [-0.2, 0) is 0 Å². The minimum atomic E-state index is 0.394. The van der Waals surface area contributed by atoms with Crippen LogP contribution < -0.4 is 10.2 Å². The van der Waals surface area contributed by atoms with Crippen LogP contribution in [0.4, 0.5) is 5.69 Å². The Morgan fingerprint density at radius 3 is 2.50 bits per heavy atom. The summed E-state index contributed by atoms with van der Waals surface area (Å²) in [5.41, 5.74) is 3.22. The first-order valence-electron chi connectivity index (χ1n) is 7.71. The molecule has 1 heterocycles. The summed E-state index contributed by atoms with van der Waals surface area (Å²) in [6, 6.07) is 7.16. The van der Waals surface area contributed by atoms with E-state index in [1.165, 1.54) is 48.1 Å². The van der Waals surface area contributed by atoms with Crippen molar-refractivity contribution >= 4 is 21.6 Å². The standard InChI is InChI=1S/C17H27BrN2/c1-5-17(3)8-10-20(11-9-17)16-7-6-14(12-15(16)18)13(2)19-4/h6-7,12-13,19H,5,8-11H2,1-4H3. The number of piperidine rings is 1. The van der Waals surface area contributed by atoms with E-state index in [0.717, 1.165) is 0 Å². The van der Waals surface area contributed by atoms with E-state index in [9.17, 15) is 0 Å². The van der Waals surface area contributed by atoms with Crippen molar-refractivity contribution in [1.82, 2.24) is 5.32 Å². The Morgan fingerprint density at radius 1 is 1.35 bits per heavy atom. The smallest absolute Gasteiger partial charge is 0.0510 e. The highest BCUT2D eigenvalue weighted by atomic mass is 79.9.